The van der Waals surface area contributed by atoms with Crippen LogP contribution in [0.1, 0.15) is 17.3 Å². The van der Waals surface area contributed by atoms with Crippen LogP contribution < -0.4 is 10.9 Å². The van der Waals surface area contributed by atoms with Crippen LogP contribution in [0.4, 0.5) is 0 Å². The van der Waals surface area contributed by atoms with Crippen LogP contribution in [-0.4, -0.2) is 11.3 Å². The van der Waals surface area contributed by atoms with Crippen LogP contribution in [0.2, 0.25) is 0 Å². The van der Waals surface area contributed by atoms with Crippen LogP contribution in [0, 0.1) is 5.21 Å². The first-order chi connectivity index (χ1) is 9.28. The summed E-state index contributed by atoms with van der Waals surface area (Å²) in [6.45, 7) is 0.828. The Labute approximate surface area is 112 Å². The molecule has 4 nitrogen and oxygen atoms in total. The molecular weight excluding hydrogens is 238 g/mol. The number of nitrogens with zero attached hydrogens (tertiary/aromatic N) is 1. The molecular formula is C15H17N3O. The highest BCUT2D eigenvalue weighted by Gasteiger charge is 2.35. The average molecular weight is 255 g/mol. The second kappa shape index (κ2) is 5.11. The molecule has 0 amide bonds. The van der Waals surface area contributed by atoms with Gasteiger partial charge in [0.15, 0.2) is 6.17 Å². The highest BCUT2D eigenvalue weighted by Crippen LogP contribution is 2.29. The lowest BCUT2D eigenvalue weighted by molar-refractivity contribution is -0.914. The van der Waals surface area contributed by atoms with Gasteiger partial charge in [-0.2, -0.15) is 5.43 Å². The highest BCUT2D eigenvalue weighted by atomic mass is 16.6. The minimum Gasteiger partial charge on any atom is -0.630 e. The summed E-state index contributed by atoms with van der Waals surface area (Å²) in [7, 11) is 0. The molecule has 1 aliphatic rings. The molecule has 0 saturated carbocycles. The van der Waals surface area contributed by atoms with Crippen LogP contribution in [0.25, 0.3) is 0 Å². The molecule has 98 valence electrons. The molecule has 1 saturated heterocycles. The first-order valence-corrected chi connectivity index (χ1v) is 6.43. The average Bonchev–Trinajstić information content (AvgIpc) is 2.82. The van der Waals surface area contributed by atoms with Crippen molar-refractivity contribution in [3.8, 4) is 0 Å². The Balaban J connectivity index is 1.86. The third kappa shape index (κ3) is 2.52. The molecule has 2 aromatic rings. The van der Waals surface area contributed by atoms with E-state index < -0.39 is 0 Å². The summed E-state index contributed by atoms with van der Waals surface area (Å²) in [5.41, 5.74) is 8.16. The number of hydrogen-bond acceptors (Lipinski definition) is 3. The summed E-state index contributed by atoms with van der Waals surface area (Å²) < 4.78 is -0.325. The van der Waals surface area contributed by atoms with E-state index in [2.05, 4.69) is 10.9 Å². The third-order valence-electron chi connectivity index (χ3n) is 3.46. The maximum Gasteiger partial charge on any atom is 0.182 e. The molecule has 1 aliphatic heterocycles. The molecule has 19 heavy (non-hydrogen) atoms. The van der Waals surface area contributed by atoms with Gasteiger partial charge in [0.25, 0.3) is 0 Å². The summed E-state index contributed by atoms with van der Waals surface area (Å²) in [5, 5.41) is 13.0. The van der Waals surface area contributed by atoms with E-state index in [0.29, 0.717) is 13.2 Å². The van der Waals surface area contributed by atoms with Crippen molar-refractivity contribution in [3.63, 3.8) is 0 Å². The molecule has 4 heteroatoms. The Morgan fingerprint density at radius 1 is 1.00 bits per heavy atom. The van der Waals surface area contributed by atoms with Crippen LogP contribution in [0.3, 0.4) is 0 Å². The zero-order valence-corrected chi connectivity index (χ0v) is 10.6. The lowest BCUT2D eigenvalue weighted by Gasteiger charge is -2.42. The predicted octanol–water partition coefficient (Wildman–Crippen LogP) is 2.27. The van der Waals surface area contributed by atoms with Crippen LogP contribution in [0.15, 0.2) is 60.7 Å². The number of hydroxylamine groups is 3. The van der Waals surface area contributed by atoms with Gasteiger partial charge in [-0.1, -0.05) is 60.7 Å². The number of benzene rings is 2. The van der Waals surface area contributed by atoms with Crippen molar-refractivity contribution >= 4 is 0 Å². The fourth-order valence-electron chi connectivity index (χ4n) is 2.52. The van der Waals surface area contributed by atoms with Gasteiger partial charge in [0.2, 0.25) is 0 Å². The quantitative estimate of drug-likeness (QED) is 0.653. The summed E-state index contributed by atoms with van der Waals surface area (Å²) in [4.78, 5) is 0. The number of hydrazine groups is 1. The van der Waals surface area contributed by atoms with E-state index in [1.54, 1.807) is 0 Å². The van der Waals surface area contributed by atoms with Crippen LogP contribution in [0.5, 0.6) is 0 Å². The normalized spacial score (nSPS) is 26.5. The fraction of sp³-hybridized carbons (Fsp3) is 0.200. The molecule has 2 N–H and O–H groups in total. The monoisotopic (exact) mass is 255 g/mol. The van der Waals surface area contributed by atoms with Crippen molar-refractivity contribution in [1.29, 1.82) is 0 Å². The lowest BCUT2D eigenvalue weighted by Crippen LogP contribution is -2.42. The number of nitrogens with one attached hydrogen (secondary N) is 2. The van der Waals surface area contributed by atoms with Crippen molar-refractivity contribution in [1.82, 2.24) is 10.9 Å². The van der Waals surface area contributed by atoms with E-state index >= 15 is 0 Å². The van der Waals surface area contributed by atoms with Gasteiger partial charge in [0, 0.05) is 11.1 Å². The summed E-state index contributed by atoms with van der Waals surface area (Å²) in [6, 6.07) is 19.8. The van der Waals surface area contributed by atoms with Crippen molar-refractivity contribution in [2.75, 3.05) is 6.67 Å². The van der Waals surface area contributed by atoms with Crippen molar-refractivity contribution in [2.24, 2.45) is 0 Å². The zero-order valence-electron chi connectivity index (χ0n) is 10.6. The Morgan fingerprint density at radius 2 is 1.63 bits per heavy atom. The van der Waals surface area contributed by atoms with E-state index in [4.69, 9.17) is 0 Å². The van der Waals surface area contributed by atoms with Gasteiger partial charge in [-0.15, -0.1) is 0 Å². The number of rotatable bonds is 3. The highest BCUT2D eigenvalue weighted by molar-refractivity contribution is 5.18. The van der Waals surface area contributed by atoms with Crippen molar-refractivity contribution in [2.45, 2.75) is 12.7 Å². The summed E-state index contributed by atoms with van der Waals surface area (Å²) >= 11 is 0. The minimum atomic E-state index is -0.325. The van der Waals surface area contributed by atoms with Gasteiger partial charge < -0.3 is 9.85 Å². The van der Waals surface area contributed by atoms with E-state index in [1.807, 2.05) is 60.7 Å². The first-order valence-electron chi connectivity index (χ1n) is 6.43. The van der Waals surface area contributed by atoms with Gasteiger partial charge >= 0.3 is 0 Å². The Bertz CT molecular complexity index is 532. The summed E-state index contributed by atoms with van der Waals surface area (Å²) in [5.74, 6) is 0. The van der Waals surface area contributed by atoms with Crippen LogP contribution >= 0.6 is 0 Å². The summed E-state index contributed by atoms with van der Waals surface area (Å²) in [6.07, 6.45) is -0.263. The molecule has 2 unspecified atom stereocenters. The second-order valence-electron chi connectivity index (χ2n) is 4.89. The zero-order chi connectivity index (χ0) is 13.1. The standard InChI is InChI=1S/C15H17N3O/c19-18(11-13-7-3-1-4-8-13)12-16-17-15(18)14-9-5-2-6-10-14/h1-10,15-17H,11-12H2. The Hall–Kier alpha value is -1.72. The van der Waals surface area contributed by atoms with E-state index in [1.165, 1.54) is 0 Å². The molecule has 0 radical (unpaired) electrons. The van der Waals surface area contributed by atoms with Crippen LogP contribution in [-0.2, 0) is 6.54 Å². The maximum absolute atomic E-state index is 13.0. The van der Waals surface area contributed by atoms with E-state index in [0.717, 1.165) is 11.1 Å². The molecule has 0 spiro atoms. The maximum atomic E-state index is 13.0. The molecule has 1 heterocycles. The van der Waals surface area contributed by atoms with E-state index in [-0.39, 0.29) is 10.8 Å². The van der Waals surface area contributed by atoms with Gasteiger partial charge in [0.1, 0.15) is 13.2 Å². The number of hydrogen-bond donors (Lipinski definition) is 2. The second-order valence-corrected chi connectivity index (χ2v) is 4.89. The SMILES string of the molecule is [O-][N+]1(Cc2ccccc2)CNNC1c1ccccc1. The fourth-order valence-corrected chi connectivity index (χ4v) is 2.52. The van der Waals surface area contributed by atoms with Gasteiger partial charge in [0.05, 0.1) is 0 Å². The van der Waals surface area contributed by atoms with Crippen molar-refractivity contribution in [3.05, 3.63) is 77.0 Å². The molecule has 0 aliphatic carbocycles. The molecule has 2 aromatic carbocycles. The molecule has 0 bridgehead atoms. The van der Waals surface area contributed by atoms with Crippen molar-refractivity contribution < 1.29 is 4.65 Å². The first kappa shape index (κ1) is 12.3. The smallest absolute Gasteiger partial charge is 0.182 e. The minimum absolute atomic E-state index is 0.263. The Morgan fingerprint density at radius 3 is 2.32 bits per heavy atom. The largest absolute Gasteiger partial charge is 0.630 e. The lowest BCUT2D eigenvalue weighted by atomic mass is 10.1. The molecule has 3 rings (SSSR count). The molecule has 2 atom stereocenters. The third-order valence-corrected chi connectivity index (χ3v) is 3.46. The van der Waals surface area contributed by atoms with Gasteiger partial charge in [-0.25, -0.2) is 5.43 Å². The van der Waals surface area contributed by atoms with Gasteiger partial charge in [-0.3, -0.25) is 0 Å². The molecule has 0 aromatic heterocycles. The predicted molar refractivity (Wildman–Crippen MR) is 74.1 cm³/mol. The molecule has 1 fully saturated rings. The number of quaternary nitrogens is 1. The topological polar surface area (TPSA) is 47.1 Å². The van der Waals surface area contributed by atoms with Gasteiger partial charge in [-0.05, 0) is 0 Å². The Kier molecular flexibility index (Phi) is 3.31. The van der Waals surface area contributed by atoms with E-state index in [9.17, 15) is 5.21 Å².